The standard InChI is InChI=1S/C25H38N4O3/c1-4-32-24(31)29-15-10-19(11-16-29)28-17-13-25(14-18-28)12-9-22(26-23(30)27(2)3)20-7-5-6-8-21(20)25/h5-8,19,22H,4,9-18H2,1-3H3,(H,26,30)/t22-/m1/s1. The molecule has 3 aliphatic rings. The Labute approximate surface area is 192 Å². The number of nitrogens with zero attached hydrogens (tertiary/aromatic N) is 3. The van der Waals surface area contributed by atoms with E-state index < -0.39 is 0 Å². The number of benzene rings is 1. The Bertz CT molecular complexity index is 811. The molecule has 176 valence electrons. The molecular weight excluding hydrogens is 404 g/mol. The number of hydrogen-bond donors (Lipinski definition) is 1. The van der Waals surface area contributed by atoms with Gasteiger partial charge >= 0.3 is 12.1 Å². The van der Waals surface area contributed by atoms with Crippen molar-refractivity contribution < 1.29 is 14.3 Å². The maximum absolute atomic E-state index is 12.3. The van der Waals surface area contributed by atoms with E-state index in [9.17, 15) is 9.59 Å². The van der Waals surface area contributed by atoms with Crippen LogP contribution in [0.3, 0.4) is 0 Å². The van der Waals surface area contributed by atoms with Gasteiger partial charge < -0.3 is 24.8 Å². The normalized spacial score (nSPS) is 23.5. The number of rotatable bonds is 3. The van der Waals surface area contributed by atoms with E-state index >= 15 is 0 Å². The van der Waals surface area contributed by atoms with Gasteiger partial charge in [-0.3, -0.25) is 0 Å². The third-order valence-corrected chi connectivity index (χ3v) is 7.79. The average Bonchev–Trinajstić information content (AvgIpc) is 2.82. The lowest BCUT2D eigenvalue weighted by Gasteiger charge is -2.49. The molecule has 0 aromatic heterocycles. The van der Waals surface area contributed by atoms with Crippen LogP contribution in [0.4, 0.5) is 9.59 Å². The number of fused-ring (bicyclic) bond motifs is 2. The van der Waals surface area contributed by atoms with Crippen molar-refractivity contribution in [3.05, 3.63) is 35.4 Å². The summed E-state index contributed by atoms with van der Waals surface area (Å²) in [6, 6.07) is 9.36. The van der Waals surface area contributed by atoms with E-state index in [1.807, 2.05) is 11.8 Å². The first-order valence-corrected chi connectivity index (χ1v) is 12.2. The Kier molecular flexibility index (Phi) is 6.93. The second-order valence-electron chi connectivity index (χ2n) is 9.76. The van der Waals surface area contributed by atoms with Gasteiger partial charge in [0.15, 0.2) is 0 Å². The molecule has 2 saturated heterocycles. The number of likely N-dealkylation sites (tertiary alicyclic amines) is 2. The molecule has 4 rings (SSSR count). The van der Waals surface area contributed by atoms with Gasteiger partial charge in [-0.05, 0) is 75.1 Å². The molecule has 0 unspecified atom stereocenters. The molecule has 2 aliphatic heterocycles. The predicted octanol–water partition coefficient (Wildman–Crippen LogP) is 3.75. The van der Waals surface area contributed by atoms with E-state index in [2.05, 4.69) is 34.5 Å². The second-order valence-corrected chi connectivity index (χ2v) is 9.76. The summed E-state index contributed by atoms with van der Waals surface area (Å²) < 4.78 is 5.16. The van der Waals surface area contributed by atoms with Crippen LogP contribution in [0.15, 0.2) is 24.3 Å². The first-order chi connectivity index (χ1) is 15.4. The van der Waals surface area contributed by atoms with Crippen LogP contribution in [0.1, 0.15) is 62.6 Å². The first kappa shape index (κ1) is 22.9. The molecule has 1 aromatic rings. The van der Waals surface area contributed by atoms with Crippen molar-refractivity contribution in [2.45, 2.75) is 62.9 Å². The second kappa shape index (κ2) is 9.69. The topological polar surface area (TPSA) is 65.1 Å². The summed E-state index contributed by atoms with van der Waals surface area (Å²) in [7, 11) is 3.58. The SMILES string of the molecule is CCOC(=O)N1CCC(N2CCC3(CC[C@@H](NC(=O)N(C)C)c4ccccc43)CC2)CC1. The molecule has 7 heteroatoms. The molecule has 1 aromatic carbocycles. The molecular formula is C25H38N4O3. The van der Waals surface area contributed by atoms with Crippen LogP contribution in [0.5, 0.6) is 0 Å². The van der Waals surface area contributed by atoms with Crippen LogP contribution in [0.25, 0.3) is 0 Å². The summed E-state index contributed by atoms with van der Waals surface area (Å²) in [5.41, 5.74) is 2.95. The number of ether oxygens (including phenoxy) is 1. The van der Waals surface area contributed by atoms with Gasteiger partial charge in [-0.1, -0.05) is 24.3 Å². The van der Waals surface area contributed by atoms with Gasteiger partial charge in [-0.15, -0.1) is 0 Å². The number of piperidine rings is 2. The van der Waals surface area contributed by atoms with Gasteiger partial charge in [0.05, 0.1) is 12.6 Å². The summed E-state index contributed by atoms with van der Waals surface area (Å²) in [4.78, 5) is 30.4. The highest BCUT2D eigenvalue weighted by Crippen LogP contribution is 2.48. The number of urea groups is 1. The minimum atomic E-state index is -0.168. The Hall–Kier alpha value is -2.28. The van der Waals surface area contributed by atoms with Crippen molar-refractivity contribution in [2.75, 3.05) is 46.9 Å². The van der Waals surface area contributed by atoms with Crippen molar-refractivity contribution in [1.82, 2.24) is 20.0 Å². The molecule has 7 nitrogen and oxygen atoms in total. The van der Waals surface area contributed by atoms with Gasteiger partial charge in [0, 0.05) is 33.2 Å². The van der Waals surface area contributed by atoms with Crippen LogP contribution in [-0.2, 0) is 10.2 Å². The number of carbonyl (C=O) groups excluding carboxylic acids is 2. The van der Waals surface area contributed by atoms with E-state index in [1.165, 1.54) is 11.1 Å². The molecule has 1 spiro atoms. The summed E-state index contributed by atoms with van der Waals surface area (Å²) in [6.07, 6.45) is 6.33. The lowest BCUT2D eigenvalue weighted by molar-refractivity contribution is 0.0523. The third-order valence-electron chi connectivity index (χ3n) is 7.79. The van der Waals surface area contributed by atoms with E-state index in [0.29, 0.717) is 12.6 Å². The lowest BCUT2D eigenvalue weighted by Crippen LogP contribution is -2.52. The van der Waals surface area contributed by atoms with Gasteiger partial charge in [0.1, 0.15) is 0 Å². The Morgan fingerprint density at radius 2 is 1.75 bits per heavy atom. The third kappa shape index (κ3) is 4.58. The van der Waals surface area contributed by atoms with Gasteiger partial charge in [-0.2, -0.15) is 0 Å². The van der Waals surface area contributed by atoms with Crippen molar-refractivity contribution in [1.29, 1.82) is 0 Å². The van der Waals surface area contributed by atoms with Crippen molar-refractivity contribution in [3.63, 3.8) is 0 Å². The zero-order valence-corrected chi connectivity index (χ0v) is 19.8. The maximum Gasteiger partial charge on any atom is 0.409 e. The molecule has 3 amide bonds. The zero-order valence-electron chi connectivity index (χ0n) is 19.8. The van der Waals surface area contributed by atoms with Crippen molar-refractivity contribution in [2.24, 2.45) is 0 Å². The van der Waals surface area contributed by atoms with E-state index in [4.69, 9.17) is 4.74 Å². The highest BCUT2D eigenvalue weighted by molar-refractivity contribution is 5.74. The minimum Gasteiger partial charge on any atom is -0.450 e. The van der Waals surface area contributed by atoms with Gasteiger partial charge in [0.2, 0.25) is 0 Å². The zero-order chi connectivity index (χ0) is 22.7. The molecule has 0 bridgehead atoms. The monoisotopic (exact) mass is 442 g/mol. The molecule has 32 heavy (non-hydrogen) atoms. The molecule has 2 heterocycles. The van der Waals surface area contributed by atoms with Crippen LogP contribution >= 0.6 is 0 Å². The highest BCUT2D eigenvalue weighted by Gasteiger charge is 2.43. The Balaban J connectivity index is 1.38. The van der Waals surface area contributed by atoms with Gasteiger partial charge in [0.25, 0.3) is 0 Å². The predicted molar refractivity (Wildman–Crippen MR) is 125 cm³/mol. The van der Waals surface area contributed by atoms with Crippen LogP contribution in [0, 0.1) is 0 Å². The van der Waals surface area contributed by atoms with E-state index in [0.717, 1.165) is 64.7 Å². The highest BCUT2D eigenvalue weighted by atomic mass is 16.6. The quantitative estimate of drug-likeness (QED) is 0.774. The Morgan fingerprint density at radius 3 is 2.41 bits per heavy atom. The van der Waals surface area contributed by atoms with Crippen LogP contribution in [0.2, 0.25) is 0 Å². The average molecular weight is 443 g/mol. The maximum atomic E-state index is 12.3. The smallest absolute Gasteiger partial charge is 0.409 e. The largest absolute Gasteiger partial charge is 0.450 e. The molecule has 0 saturated carbocycles. The van der Waals surface area contributed by atoms with Crippen molar-refractivity contribution in [3.8, 4) is 0 Å². The lowest BCUT2D eigenvalue weighted by atomic mass is 9.63. The molecule has 0 radical (unpaired) electrons. The molecule has 1 atom stereocenters. The van der Waals surface area contributed by atoms with Gasteiger partial charge in [-0.25, -0.2) is 9.59 Å². The number of nitrogens with one attached hydrogen (secondary N) is 1. The van der Waals surface area contributed by atoms with E-state index in [-0.39, 0.29) is 23.6 Å². The fourth-order valence-electron chi connectivity index (χ4n) is 5.89. The fraction of sp³-hybridized carbons (Fsp3) is 0.680. The van der Waals surface area contributed by atoms with Crippen molar-refractivity contribution >= 4 is 12.1 Å². The van der Waals surface area contributed by atoms with E-state index in [1.54, 1.807) is 19.0 Å². The summed E-state index contributed by atoms with van der Waals surface area (Å²) in [6.45, 7) is 6.09. The molecule has 1 aliphatic carbocycles. The minimum absolute atomic E-state index is 0.0234. The first-order valence-electron chi connectivity index (χ1n) is 12.2. The Morgan fingerprint density at radius 1 is 1.06 bits per heavy atom. The summed E-state index contributed by atoms with van der Waals surface area (Å²) >= 11 is 0. The number of amides is 3. The van der Waals surface area contributed by atoms with Crippen LogP contribution in [-0.4, -0.2) is 79.7 Å². The summed E-state index contributed by atoms with van der Waals surface area (Å²) in [5.74, 6) is 0. The fourth-order valence-corrected chi connectivity index (χ4v) is 5.89. The molecule has 2 fully saturated rings. The van der Waals surface area contributed by atoms with Crippen LogP contribution < -0.4 is 5.32 Å². The summed E-state index contributed by atoms with van der Waals surface area (Å²) in [5, 5.41) is 3.21. The number of carbonyl (C=O) groups is 2. The number of hydrogen-bond acceptors (Lipinski definition) is 4. The molecule has 1 N–H and O–H groups in total.